The summed E-state index contributed by atoms with van der Waals surface area (Å²) in [7, 11) is -4.40. The fraction of sp³-hybridized carbons (Fsp3) is 0.462. The van der Waals surface area contributed by atoms with Gasteiger partial charge in [-0.2, -0.15) is 0 Å². The first-order valence-corrected chi connectivity index (χ1v) is 37.6. The average Bonchev–Trinajstić information content (AvgIpc) is 0.840. The van der Waals surface area contributed by atoms with Crippen molar-refractivity contribution < 1.29 is 99.1 Å². The molecular weight excluding hydrogens is 1450 g/mol. The van der Waals surface area contributed by atoms with Gasteiger partial charge in [-0.1, -0.05) is 23.2 Å². The van der Waals surface area contributed by atoms with Gasteiger partial charge in [-0.3, -0.25) is 36.6 Å². The maximum atomic E-state index is 12.8. The van der Waals surface area contributed by atoms with Crippen molar-refractivity contribution in [3.8, 4) is 0 Å². The molecule has 0 aliphatic carbocycles. The Balaban J connectivity index is 0.000000600. The van der Waals surface area contributed by atoms with Crippen molar-refractivity contribution in [1.82, 2.24) is 0 Å². The second-order valence-electron chi connectivity index (χ2n) is 21.3. The molecule has 0 N–H and O–H groups in total. The summed E-state index contributed by atoms with van der Waals surface area (Å²) in [6.45, 7) is 7.21. The third-order valence-corrected chi connectivity index (χ3v) is 23.7. The number of alkyl halides is 4. The number of ketones is 5. The Morgan fingerprint density at radius 3 is 1.12 bits per heavy atom. The largest absolute Gasteiger partial charge is 0.381 e. The molecule has 96 heavy (non-hydrogen) atoms. The zero-order valence-corrected chi connectivity index (χ0v) is 61.6. The van der Waals surface area contributed by atoms with Crippen LogP contribution in [0.2, 0.25) is 0 Å². The molecule has 0 aliphatic heterocycles. The van der Waals surface area contributed by atoms with Crippen molar-refractivity contribution in [1.29, 1.82) is 0 Å². The minimum Gasteiger partial charge on any atom is -0.381 e. The van der Waals surface area contributed by atoms with E-state index in [2.05, 4.69) is 0 Å². The van der Waals surface area contributed by atoms with Crippen LogP contribution >= 0.6 is 46.4 Å². The molecule has 0 aliphatic rings. The summed E-state index contributed by atoms with van der Waals surface area (Å²) in [6.07, 6.45) is 0.00985. The highest BCUT2D eigenvalue weighted by Gasteiger charge is 2.37. The van der Waals surface area contributed by atoms with Crippen LogP contribution < -0.4 is 0 Å². The Labute approximate surface area is 586 Å². The second kappa shape index (κ2) is 46.0. The van der Waals surface area contributed by atoms with E-state index in [0.717, 1.165) is 36.4 Å². The number of sulfone groups is 2. The molecule has 31 heteroatoms. The Morgan fingerprint density at radius 2 is 0.750 bits per heavy atom. The predicted molar refractivity (Wildman–Crippen MR) is 363 cm³/mol. The van der Waals surface area contributed by atoms with E-state index in [1.807, 2.05) is 0 Å². The molecule has 5 aromatic carbocycles. The summed E-state index contributed by atoms with van der Waals surface area (Å²) in [5.41, 5.74) is 0. The average molecular weight is 1530 g/mol. The van der Waals surface area contributed by atoms with Crippen LogP contribution in [0.4, 0.5) is 22.0 Å². The Hall–Kier alpha value is -4.59. The van der Waals surface area contributed by atoms with Crippen LogP contribution in [0.1, 0.15) is 98.8 Å². The van der Waals surface area contributed by atoms with E-state index >= 15 is 0 Å². The van der Waals surface area contributed by atoms with Crippen molar-refractivity contribution in [3.05, 3.63) is 150 Å². The first-order chi connectivity index (χ1) is 44.8. The number of halogens is 9. The maximum absolute atomic E-state index is 12.8. The molecule has 0 bridgehead atoms. The van der Waals surface area contributed by atoms with Crippen LogP contribution in [0.25, 0.3) is 0 Å². The van der Waals surface area contributed by atoms with Crippen LogP contribution in [0.3, 0.4) is 0 Å². The summed E-state index contributed by atoms with van der Waals surface area (Å²) < 4.78 is 170. The fourth-order valence-corrected chi connectivity index (χ4v) is 16.0. The molecule has 0 saturated carbocycles. The van der Waals surface area contributed by atoms with E-state index in [0.29, 0.717) is 39.7 Å². The van der Waals surface area contributed by atoms with Crippen LogP contribution in [-0.2, 0) is 99.7 Å². The molecule has 0 heterocycles. The van der Waals surface area contributed by atoms with Crippen molar-refractivity contribution in [2.75, 3.05) is 47.1 Å². The minimum absolute atomic E-state index is 0.0109. The SMILES string of the molecule is COC(CC(C)=O)CC(Cl)(Cl)S(=O)c1ccc(F)cc1.COC(CC(C)=O)CC(Cl)S(=O)(=O)c1ccc(F)cc1.COC(CC(C)=O)CC(Cl)S(=O)c1ccc(F)cc1.COC(CCS(=O)(=O)c1ccc(F)cc1)CC(C)=O.COC(CCS(=O)c1ccc(F)cc1)CC(C)=O. The smallest absolute Gasteiger partial charge is 0.198 e. The lowest BCUT2D eigenvalue weighted by molar-refractivity contribution is -0.120. The molecule has 5 rings (SSSR count). The van der Waals surface area contributed by atoms with Gasteiger partial charge < -0.3 is 23.7 Å². The predicted octanol–water partition coefficient (Wildman–Crippen LogP) is 13.2. The first kappa shape index (κ1) is 89.4. The number of hydrogen-bond donors (Lipinski definition) is 0. The number of rotatable bonds is 35. The first-order valence-electron chi connectivity index (χ1n) is 29.1. The van der Waals surface area contributed by atoms with Gasteiger partial charge in [0.1, 0.15) is 67.4 Å². The van der Waals surface area contributed by atoms with Gasteiger partial charge in [-0.15, -0.1) is 23.2 Å². The van der Waals surface area contributed by atoms with Gasteiger partial charge in [0, 0.05) is 107 Å². The molecule has 0 amide bonds. The summed E-state index contributed by atoms with van der Waals surface area (Å²) in [5.74, 6) is -2.11. The van der Waals surface area contributed by atoms with E-state index in [1.165, 1.54) is 155 Å². The van der Waals surface area contributed by atoms with Crippen LogP contribution in [-0.4, -0.2) is 149 Å². The van der Waals surface area contributed by atoms with Crippen molar-refractivity contribution in [2.45, 2.75) is 167 Å². The molecule has 0 spiro atoms. The fourth-order valence-electron chi connectivity index (χ4n) is 8.15. The topological polar surface area (TPSA) is 251 Å². The molecule has 17 nitrogen and oxygen atoms in total. The van der Waals surface area contributed by atoms with Gasteiger partial charge in [-0.25, -0.2) is 38.8 Å². The van der Waals surface area contributed by atoms with Gasteiger partial charge in [-0.05, 0) is 169 Å². The highest BCUT2D eigenvalue weighted by molar-refractivity contribution is 7.93. The lowest BCUT2D eigenvalue weighted by Crippen LogP contribution is -2.29. The van der Waals surface area contributed by atoms with Gasteiger partial charge in [0.05, 0.1) is 78.5 Å². The van der Waals surface area contributed by atoms with Gasteiger partial charge >= 0.3 is 0 Å². The van der Waals surface area contributed by atoms with Crippen molar-refractivity contribution >= 4 is 127 Å². The van der Waals surface area contributed by atoms with E-state index in [9.17, 15) is 75.4 Å². The van der Waals surface area contributed by atoms with Gasteiger partial charge in [0.15, 0.2) is 23.3 Å². The molecule has 0 fully saturated rings. The normalized spacial score (nSPS) is 14.6. The Kier molecular flexibility index (Phi) is 42.8. The number of carbonyl (C=O) groups is 5. The molecule has 5 aromatic rings. The van der Waals surface area contributed by atoms with E-state index in [1.54, 1.807) is 0 Å². The number of carbonyl (C=O) groups excluding carboxylic acids is 5. The zero-order valence-electron chi connectivity index (χ0n) is 54.5. The third-order valence-electron chi connectivity index (χ3n) is 13.2. The lowest BCUT2D eigenvalue weighted by atomic mass is 10.1. The molecule has 10 atom stereocenters. The van der Waals surface area contributed by atoms with Gasteiger partial charge in [0.2, 0.25) is 0 Å². The van der Waals surface area contributed by atoms with E-state index in [4.69, 9.17) is 70.1 Å². The monoisotopic (exact) mass is 1530 g/mol. The molecule has 0 radical (unpaired) electrons. The summed E-state index contributed by atoms with van der Waals surface area (Å²) in [4.78, 5) is 56.5. The van der Waals surface area contributed by atoms with Gasteiger partial charge in [0.25, 0.3) is 0 Å². The van der Waals surface area contributed by atoms with Crippen molar-refractivity contribution in [3.63, 3.8) is 0 Å². The standard InChI is InChI=1S/C13H15Cl2FO3S.C13H16ClFO4S.C13H16ClFO3S.C13H17FO4S.C13H17FO3S/c1-9(17)7-11(19-2)8-13(14,15)20(18)12-5-3-10(16)4-6-12;1-9(16)7-11(19-2)8-13(14)20(17,18)12-5-3-10(15)4-6-12;1-9(16)7-11(18-2)8-13(14)19(17)12-5-3-10(15)4-6-12;1-10(15)9-12(18-2)7-8-19(16,17)13-5-3-11(14)4-6-13;1-10(15)9-12(17-2)7-8-18(16)13-5-3-11(14)4-6-13/h3-6,11H,7-8H2,1-2H3;3-6,11,13H,7-8H2,1-2H3;3-6,11,13H,7-8H2,1-2H3;3-6,12H,7-9H2,1-2H3;3-6,12H,7-9H2,1-2H3. The third kappa shape index (κ3) is 36.0. The number of benzene rings is 5. The highest BCUT2D eigenvalue weighted by Crippen LogP contribution is 2.36. The van der Waals surface area contributed by atoms with Crippen LogP contribution in [0.5, 0.6) is 0 Å². The van der Waals surface area contributed by atoms with Crippen LogP contribution in [0.15, 0.2) is 146 Å². The quantitative estimate of drug-likeness (QED) is 0.0208. The number of methoxy groups -OCH3 is 5. The maximum Gasteiger partial charge on any atom is 0.198 e. The Bertz CT molecular complexity index is 3510. The minimum atomic E-state index is -3.79. The van der Waals surface area contributed by atoms with E-state index < -0.39 is 107 Å². The number of ether oxygens (including phenoxy) is 5. The Morgan fingerprint density at radius 1 is 0.438 bits per heavy atom. The zero-order chi connectivity index (χ0) is 73.1. The molecule has 0 saturated heterocycles. The second-order valence-corrected chi connectivity index (χ2v) is 33.9. The summed E-state index contributed by atoms with van der Waals surface area (Å²) in [5, 5.41) is 0. The lowest BCUT2D eigenvalue weighted by Gasteiger charge is -2.23. The molecule has 0 aromatic heterocycles. The highest BCUT2D eigenvalue weighted by atomic mass is 35.5. The molecular formula is C65H81Cl4F5O17S5. The number of hydrogen-bond acceptors (Lipinski definition) is 17. The van der Waals surface area contributed by atoms with Crippen molar-refractivity contribution in [2.24, 2.45) is 0 Å². The number of Topliss-reactive ketones (excluding diaryl/α,β-unsaturated/α-hetero) is 5. The van der Waals surface area contributed by atoms with E-state index in [-0.39, 0.29) is 107 Å². The molecule has 536 valence electrons. The summed E-state index contributed by atoms with van der Waals surface area (Å²) in [6, 6.07) is 25.1. The van der Waals surface area contributed by atoms with Crippen LogP contribution in [0, 0.1) is 29.1 Å². The molecule has 10 unspecified atom stereocenters. The summed E-state index contributed by atoms with van der Waals surface area (Å²) >= 11 is 24.2.